The van der Waals surface area contributed by atoms with Crippen molar-refractivity contribution >= 4 is 21.9 Å². The van der Waals surface area contributed by atoms with Crippen LogP contribution in [-0.2, 0) is 0 Å². The zero-order valence-corrected chi connectivity index (χ0v) is 11.6. The number of rotatable bonds is 3. The van der Waals surface area contributed by atoms with Gasteiger partial charge in [0.25, 0.3) is 0 Å². The molecule has 0 bridgehead atoms. The highest BCUT2D eigenvalue weighted by Gasteiger charge is 2.14. The van der Waals surface area contributed by atoms with E-state index in [2.05, 4.69) is 15.9 Å². The maximum Gasteiger partial charge on any atom is 0.352 e. The van der Waals surface area contributed by atoms with Crippen molar-refractivity contribution in [3.05, 3.63) is 46.2 Å². The van der Waals surface area contributed by atoms with Crippen LogP contribution in [0.15, 0.2) is 34.9 Å². The Labute approximate surface area is 113 Å². The molecule has 2 rings (SSSR count). The van der Waals surface area contributed by atoms with Crippen molar-refractivity contribution in [3.63, 3.8) is 0 Å². The first-order valence-corrected chi connectivity index (χ1v) is 6.08. The summed E-state index contributed by atoms with van der Waals surface area (Å²) in [6, 6.07) is 7.09. The Morgan fingerprint density at radius 1 is 1.39 bits per heavy atom. The van der Waals surface area contributed by atoms with Crippen molar-refractivity contribution in [1.29, 1.82) is 0 Å². The third-order valence-electron chi connectivity index (χ3n) is 2.67. The molecule has 1 N–H and O–H groups in total. The predicted octanol–water partition coefficient (Wildman–Crippen LogP) is 3.26. The van der Waals surface area contributed by atoms with E-state index < -0.39 is 5.97 Å². The summed E-state index contributed by atoms with van der Waals surface area (Å²) >= 11 is 3.29. The lowest BCUT2D eigenvalue weighted by molar-refractivity contribution is 0.0688. The molecule has 94 valence electrons. The van der Waals surface area contributed by atoms with Gasteiger partial charge < -0.3 is 14.4 Å². The minimum atomic E-state index is -0.962. The second-order valence-electron chi connectivity index (χ2n) is 3.87. The van der Waals surface area contributed by atoms with Gasteiger partial charge in [-0.2, -0.15) is 0 Å². The van der Waals surface area contributed by atoms with E-state index in [1.807, 2.05) is 25.1 Å². The van der Waals surface area contributed by atoms with Crippen LogP contribution in [0.5, 0.6) is 5.75 Å². The van der Waals surface area contributed by atoms with E-state index in [0.717, 1.165) is 21.5 Å². The van der Waals surface area contributed by atoms with Crippen molar-refractivity contribution in [2.24, 2.45) is 0 Å². The van der Waals surface area contributed by atoms with Crippen LogP contribution in [0.25, 0.3) is 5.69 Å². The Morgan fingerprint density at radius 2 is 2.11 bits per heavy atom. The number of carboxylic acids is 1. The zero-order valence-electron chi connectivity index (χ0n) is 9.98. The molecule has 1 aromatic heterocycles. The molecule has 5 heteroatoms. The van der Waals surface area contributed by atoms with E-state index in [0.29, 0.717) is 0 Å². The molecule has 0 spiro atoms. The number of aromatic carboxylic acids is 1. The molecular weight excluding hydrogens is 298 g/mol. The van der Waals surface area contributed by atoms with E-state index in [-0.39, 0.29) is 5.69 Å². The number of carboxylic acid groups (broad SMARTS) is 1. The van der Waals surface area contributed by atoms with Gasteiger partial charge in [-0.3, -0.25) is 0 Å². The van der Waals surface area contributed by atoms with Gasteiger partial charge in [0.15, 0.2) is 0 Å². The minimum absolute atomic E-state index is 0.218. The highest BCUT2D eigenvalue weighted by molar-refractivity contribution is 9.10. The number of benzene rings is 1. The molecule has 0 radical (unpaired) electrons. The van der Waals surface area contributed by atoms with Crippen LogP contribution in [0, 0.1) is 6.92 Å². The van der Waals surface area contributed by atoms with Crippen LogP contribution in [0.3, 0.4) is 0 Å². The summed E-state index contributed by atoms with van der Waals surface area (Å²) in [4.78, 5) is 11.2. The topological polar surface area (TPSA) is 51.5 Å². The summed E-state index contributed by atoms with van der Waals surface area (Å²) in [5.74, 6) is -0.213. The molecular formula is C13H12BrNO3. The fourth-order valence-corrected chi connectivity index (χ4v) is 2.24. The lowest BCUT2D eigenvalue weighted by atomic mass is 10.2. The summed E-state index contributed by atoms with van der Waals surface area (Å²) in [6.07, 6.45) is 1.73. The first kappa shape index (κ1) is 12.7. The van der Waals surface area contributed by atoms with Crippen molar-refractivity contribution in [2.45, 2.75) is 6.92 Å². The standard InChI is InChI=1S/C13H12BrNO3/c1-8-5-10(18-2)3-4-11(8)15-7-9(14)6-12(15)13(16)17/h3-7H,1-2H3,(H,16,17). The third kappa shape index (κ3) is 2.26. The Morgan fingerprint density at radius 3 is 2.67 bits per heavy atom. The maximum absolute atomic E-state index is 11.2. The average molecular weight is 310 g/mol. The molecule has 0 fully saturated rings. The van der Waals surface area contributed by atoms with Gasteiger partial charge in [-0.15, -0.1) is 0 Å². The number of carbonyl (C=O) groups is 1. The van der Waals surface area contributed by atoms with Gasteiger partial charge in [-0.1, -0.05) is 0 Å². The number of halogens is 1. The van der Waals surface area contributed by atoms with Gasteiger partial charge in [0.05, 0.1) is 7.11 Å². The van der Waals surface area contributed by atoms with Gasteiger partial charge in [-0.05, 0) is 52.7 Å². The fourth-order valence-electron chi connectivity index (χ4n) is 1.82. The van der Waals surface area contributed by atoms with Crippen molar-refractivity contribution in [2.75, 3.05) is 7.11 Å². The Hall–Kier alpha value is -1.75. The number of methoxy groups -OCH3 is 1. The largest absolute Gasteiger partial charge is 0.497 e. The van der Waals surface area contributed by atoms with Crippen LogP contribution in [-0.4, -0.2) is 22.8 Å². The lowest BCUT2D eigenvalue weighted by Crippen LogP contribution is -2.06. The van der Waals surface area contributed by atoms with E-state index in [1.165, 1.54) is 0 Å². The number of aromatic nitrogens is 1. The lowest BCUT2D eigenvalue weighted by Gasteiger charge is -2.11. The molecule has 0 aliphatic carbocycles. The molecule has 2 aromatic rings. The molecule has 0 saturated carbocycles. The predicted molar refractivity (Wildman–Crippen MR) is 71.7 cm³/mol. The average Bonchev–Trinajstić information content (AvgIpc) is 2.71. The molecule has 0 amide bonds. The molecule has 0 aliphatic heterocycles. The van der Waals surface area contributed by atoms with Crippen LogP contribution in [0.4, 0.5) is 0 Å². The number of nitrogens with zero attached hydrogens (tertiary/aromatic N) is 1. The highest BCUT2D eigenvalue weighted by atomic mass is 79.9. The monoisotopic (exact) mass is 309 g/mol. The zero-order chi connectivity index (χ0) is 13.3. The first-order chi connectivity index (χ1) is 8.52. The van der Waals surface area contributed by atoms with Crippen LogP contribution in [0.2, 0.25) is 0 Å². The van der Waals surface area contributed by atoms with Crippen molar-refractivity contribution in [1.82, 2.24) is 4.57 Å². The number of ether oxygens (including phenoxy) is 1. The Kier molecular flexibility index (Phi) is 3.43. The quantitative estimate of drug-likeness (QED) is 0.947. The Bertz CT molecular complexity index is 604. The van der Waals surface area contributed by atoms with Gasteiger partial charge >= 0.3 is 5.97 Å². The summed E-state index contributed by atoms with van der Waals surface area (Å²) < 4.78 is 7.51. The van der Waals surface area contributed by atoms with Crippen molar-refractivity contribution in [3.8, 4) is 11.4 Å². The molecule has 0 aliphatic rings. The second kappa shape index (κ2) is 4.86. The van der Waals surface area contributed by atoms with Crippen LogP contribution in [0.1, 0.15) is 16.1 Å². The summed E-state index contributed by atoms with van der Waals surface area (Å²) in [5.41, 5.74) is 1.98. The van der Waals surface area contributed by atoms with Crippen LogP contribution < -0.4 is 4.74 Å². The van der Waals surface area contributed by atoms with Gasteiger partial charge in [0, 0.05) is 16.4 Å². The molecule has 1 aromatic carbocycles. The van der Waals surface area contributed by atoms with Crippen LogP contribution >= 0.6 is 15.9 Å². The molecule has 0 saturated heterocycles. The molecule has 4 nitrogen and oxygen atoms in total. The van der Waals surface area contributed by atoms with Gasteiger partial charge in [0.1, 0.15) is 11.4 Å². The van der Waals surface area contributed by atoms with E-state index in [9.17, 15) is 4.79 Å². The van der Waals surface area contributed by atoms with Gasteiger partial charge in [-0.25, -0.2) is 4.79 Å². The molecule has 18 heavy (non-hydrogen) atoms. The fraction of sp³-hybridized carbons (Fsp3) is 0.154. The van der Waals surface area contributed by atoms with E-state index >= 15 is 0 Å². The molecule has 1 heterocycles. The summed E-state index contributed by atoms with van der Waals surface area (Å²) in [6.45, 7) is 1.91. The second-order valence-corrected chi connectivity index (χ2v) is 4.79. The maximum atomic E-state index is 11.2. The van der Waals surface area contributed by atoms with E-state index in [1.54, 1.807) is 23.9 Å². The molecule has 0 atom stereocenters. The first-order valence-electron chi connectivity index (χ1n) is 5.29. The summed E-state index contributed by atoms with van der Waals surface area (Å²) in [7, 11) is 1.60. The normalized spacial score (nSPS) is 10.4. The smallest absolute Gasteiger partial charge is 0.352 e. The highest BCUT2D eigenvalue weighted by Crippen LogP contribution is 2.25. The molecule has 0 unspecified atom stereocenters. The van der Waals surface area contributed by atoms with Crippen molar-refractivity contribution < 1.29 is 14.6 Å². The minimum Gasteiger partial charge on any atom is -0.497 e. The SMILES string of the molecule is COc1ccc(-n2cc(Br)cc2C(=O)O)c(C)c1. The number of hydrogen-bond acceptors (Lipinski definition) is 2. The third-order valence-corrected chi connectivity index (χ3v) is 3.10. The Balaban J connectivity index is 2.58. The summed E-state index contributed by atoms with van der Waals surface area (Å²) in [5, 5.41) is 9.17. The van der Waals surface area contributed by atoms with Gasteiger partial charge in [0.2, 0.25) is 0 Å². The number of aryl methyl sites for hydroxylation is 1. The van der Waals surface area contributed by atoms with E-state index in [4.69, 9.17) is 9.84 Å². The number of hydrogen-bond donors (Lipinski definition) is 1.